The Hall–Kier alpha value is -0.410. The fourth-order valence-corrected chi connectivity index (χ4v) is 2.97. The molecule has 0 aliphatic carbocycles. The summed E-state index contributed by atoms with van der Waals surface area (Å²) in [5.41, 5.74) is 1.08. The van der Waals surface area contributed by atoms with E-state index in [0.29, 0.717) is 10.7 Å². The van der Waals surface area contributed by atoms with Crippen molar-refractivity contribution < 1.29 is 4.74 Å². The van der Waals surface area contributed by atoms with Crippen LogP contribution in [-0.2, 0) is 4.74 Å². The predicted octanol–water partition coefficient (Wildman–Crippen LogP) is 3.52. The summed E-state index contributed by atoms with van der Waals surface area (Å²) < 4.78 is 5.87. The molecule has 0 bridgehead atoms. The number of ether oxygens (including phenoxy) is 1. The Morgan fingerprint density at radius 3 is 2.88 bits per heavy atom. The van der Waals surface area contributed by atoms with Crippen molar-refractivity contribution in [1.29, 1.82) is 0 Å². The van der Waals surface area contributed by atoms with Crippen LogP contribution >= 0.6 is 15.9 Å². The lowest BCUT2D eigenvalue weighted by Crippen LogP contribution is -2.37. The standard InChI is InChI=1S/C13H18BrNO/c1-10(11-6-3-4-8-15-11)12(14)13(2)7-5-9-16-13/h3-4,6,8,10,12H,5,7,9H2,1-2H3. The lowest BCUT2D eigenvalue weighted by molar-refractivity contribution is 0.0156. The van der Waals surface area contributed by atoms with E-state index in [4.69, 9.17) is 4.74 Å². The number of halogens is 1. The molecule has 16 heavy (non-hydrogen) atoms. The number of hydrogen-bond acceptors (Lipinski definition) is 2. The molecule has 1 saturated heterocycles. The first-order chi connectivity index (χ1) is 7.63. The molecule has 0 saturated carbocycles. The molecule has 1 aliphatic heterocycles. The van der Waals surface area contributed by atoms with Gasteiger partial charge in [-0.1, -0.05) is 28.9 Å². The van der Waals surface area contributed by atoms with Crippen molar-refractivity contribution in [3.05, 3.63) is 30.1 Å². The Labute approximate surface area is 106 Å². The van der Waals surface area contributed by atoms with Gasteiger partial charge < -0.3 is 4.74 Å². The third kappa shape index (κ3) is 2.30. The van der Waals surface area contributed by atoms with Crippen LogP contribution in [0.1, 0.15) is 38.3 Å². The summed E-state index contributed by atoms with van der Waals surface area (Å²) in [6, 6.07) is 6.07. The Morgan fingerprint density at radius 1 is 1.50 bits per heavy atom. The molecule has 1 aromatic heterocycles. The Kier molecular flexibility index (Phi) is 3.65. The summed E-state index contributed by atoms with van der Waals surface area (Å²) in [7, 11) is 0. The maximum absolute atomic E-state index is 5.87. The van der Waals surface area contributed by atoms with Gasteiger partial charge in [0.2, 0.25) is 0 Å². The number of alkyl halides is 1. The van der Waals surface area contributed by atoms with Crippen molar-refractivity contribution in [3.8, 4) is 0 Å². The molecule has 2 nitrogen and oxygen atoms in total. The van der Waals surface area contributed by atoms with E-state index in [9.17, 15) is 0 Å². The molecule has 3 unspecified atom stereocenters. The molecular formula is C13H18BrNO. The minimum atomic E-state index is -0.0447. The Bertz CT molecular complexity index is 335. The topological polar surface area (TPSA) is 22.1 Å². The maximum atomic E-state index is 5.87. The molecule has 3 atom stereocenters. The number of aromatic nitrogens is 1. The van der Waals surface area contributed by atoms with Gasteiger partial charge in [0.05, 0.1) is 10.4 Å². The number of rotatable bonds is 3. The van der Waals surface area contributed by atoms with Crippen LogP contribution in [0.4, 0.5) is 0 Å². The highest BCUT2D eigenvalue weighted by atomic mass is 79.9. The van der Waals surface area contributed by atoms with E-state index in [0.717, 1.165) is 25.1 Å². The molecule has 88 valence electrons. The minimum absolute atomic E-state index is 0.0447. The molecule has 0 N–H and O–H groups in total. The zero-order valence-electron chi connectivity index (χ0n) is 9.82. The molecule has 2 rings (SSSR count). The normalized spacial score (nSPS) is 28.9. The second kappa shape index (κ2) is 4.84. The lowest BCUT2D eigenvalue weighted by Gasteiger charge is -2.33. The average molecular weight is 284 g/mol. The maximum Gasteiger partial charge on any atom is 0.0786 e. The molecular weight excluding hydrogens is 266 g/mol. The van der Waals surface area contributed by atoms with Crippen LogP contribution in [0.3, 0.4) is 0 Å². The first kappa shape index (κ1) is 12.1. The molecule has 0 amide bonds. The predicted molar refractivity (Wildman–Crippen MR) is 69.0 cm³/mol. The molecule has 0 aromatic carbocycles. The second-order valence-corrected chi connectivity index (χ2v) is 5.70. The Morgan fingerprint density at radius 2 is 2.31 bits per heavy atom. The van der Waals surface area contributed by atoms with Gasteiger partial charge in [-0.25, -0.2) is 0 Å². The van der Waals surface area contributed by atoms with E-state index < -0.39 is 0 Å². The molecule has 1 fully saturated rings. The fraction of sp³-hybridized carbons (Fsp3) is 0.615. The number of nitrogens with zero attached hydrogens (tertiary/aromatic N) is 1. The highest BCUT2D eigenvalue weighted by molar-refractivity contribution is 9.09. The van der Waals surface area contributed by atoms with Crippen LogP contribution in [0.5, 0.6) is 0 Å². The summed E-state index contributed by atoms with van der Waals surface area (Å²) in [6.45, 7) is 5.28. The van der Waals surface area contributed by atoms with Crippen molar-refractivity contribution in [2.24, 2.45) is 0 Å². The van der Waals surface area contributed by atoms with Gasteiger partial charge in [-0.15, -0.1) is 0 Å². The summed E-state index contributed by atoms with van der Waals surface area (Å²) in [5, 5.41) is 0. The van der Waals surface area contributed by atoms with Gasteiger partial charge in [0.1, 0.15) is 0 Å². The molecule has 3 heteroatoms. The molecule has 1 aliphatic rings. The minimum Gasteiger partial charge on any atom is -0.374 e. The van der Waals surface area contributed by atoms with Crippen LogP contribution in [-0.4, -0.2) is 22.0 Å². The summed E-state index contributed by atoms with van der Waals surface area (Å²) >= 11 is 3.80. The van der Waals surface area contributed by atoms with E-state index in [1.54, 1.807) is 0 Å². The third-order valence-electron chi connectivity index (χ3n) is 3.43. The quantitative estimate of drug-likeness (QED) is 0.792. The third-order valence-corrected chi connectivity index (χ3v) is 5.19. The number of hydrogen-bond donors (Lipinski definition) is 0. The molecule has 1 aromatic rings. The highest BCUT2D eigenvalue weighted by Gasteiger charge is 2.40. The molecule has 0 radical (unpaired) electrons. The van der Waals surface area contributed by atoms with E-state index in [2.05, 4.69) is 40.8 Å². The van der Waals surface area contributed by atoms with Gasteiger partial charge in [0, 0.05) is 24.4 Å². The SMILES string of the molecule is CC(c1ccccn1)C(Br)C1(C)CCCO1. The summed E-state index contributed by atoms with van der Waals surface area (Å²) in [6.07, 6.45) is 4.14. The monoisotopic (exact) mass is 283 g/mol. The van der Waals surface area contributed by atoms with Gasteiger partial charge in [-0.2, -0.15) is 0 Å². The lowest BCUT2D eigenvalue weighted by atomic mass is 9.88. The fourth-order valence-electron chi connectivity index (χ4n) is 2.34. The van der Waals surface area contributed by atoms with Crippen LogP contribution < -0.4 is 0 Å². The van der Waals surface area contributed by atoms with Crippen molar-refractivity contribution in [2.45, 2.75) is 43.0 Å². The Balaban J connectivity index is 2.13. The van der Waals surface area contributed by atoms with Gasteiger partial charge >= 0.3 is 0 Å². The number of pyridine rings is 1. The van der Waals surface area contributed by atoms with Gasteiger partial charge in [0.15, 0.2) is 0 Å². The van der Waals surface area contributed by atoms with Crippen LogP contribution in [0.25, 0.3) is 0 Å². The molecule has 2 heterocycles. The van der Waals surface area contributed by atoms with Crippen molar-refractivity contribution in [3.63, 3.8) is 0 Å². The zero-order valence-corrected chi connectivity index (χ0v) is 11.4. The van der Waals surface area contributed by atoms with Crippen LogP contribution in [0.15, 0.2) is 24.4 Å². The first-order valence-electron chi connectivity index (χ1n) is 5.82. The molecule has 0 spiro atoms. The van der Waals surface area contributed by atoms with E-state index >= 15 is 0 Å². The average Bonchev–Trinajstić information content (AvgIpc) is 2.77. The largest absolute Gasteiger partial charge is 0.374 e. The summed E-state index contributed by atoms with van der Waals surface area (Å²) in [5.74, 6) is 0.365. The van der Waals surface area contributed by atoms with Gasteiger partial charge in [-0.05, 0) is 31.9 Å². The van der Waals surface area contributed by atoms with E-state index in [1.165, 1.54) is 0 Å². The van der Waals surface area contributed by atoms with E-state index in [-0.39, 0.29) is 5.60 Å². The van der Waals surface area contributed by atoms with Crippen LogP contribution in [0, 0.1) is 0 Å². The smallest absolute Gasteiger partial charge is 0.0786 e. The summed E-state index contributed by atoms with van der Waals surface area (Å²) in [4.78, 5) is 4.73. The zero-order chi connectivity index (χ0) is 11.6. The van der Waals surface area contributed by atoms with Gasteiger partial charge in [-0.3, -0.25) is 4.98 Å². The van der Waals surface area contributed by atoms with Gasteiger partial charge in [0.25, 0.3) is 0 Å². The van der Waals surface area contributed by atoms with Crippen molar-refractivity contribution in [1.82, 2.24) is 4.98 Å². The van der Waals surface area contributed by atoms with Crippen LogP contribution in [0.2, 0.25) is 0 Å². The van der Waals surface area contributed by atoms with E-state index in [1.807, 2.05) is 18.3 Å². The second-order valence-electron chi connectivity index (χ2n) is 4.71. The van der Waals surface area contributed by atoms with Crippen molar-refractivity contribution >= 4 is 15.9 Å². The first-order valence-corrected chi connectivity index (χ1v) is 6.74. The van der Waals surface area contributed by atoms with Crippen molar-refractivity contribution in [2.75, 3.05) is 6.61 Å². The highest BCUT2D eigenvalue weighted by Crippen LogP contribution is 2.39.